The van der Waals surface area contributed by atoms with Crippen LogP contribution in [0.25, 0.3) is 11.0 Å². The number of aryl methyl sites for hydroxylation is 1. The quantitative estimate of drug-likeness (QED) is 0.797. The van der Waals surface area contributed by atoms with Crippen molar-refractivity contribution in [1.29, 1.82) is 0 Å². The summed E-state index contributed by atoms with van der Waals surface area (Å²) in [5.74, 6) is 0.600. The molecule has 1 aromatic carbocycles. The van der Waals surface area contributed by atoms with Gasteiger partial charge in [-0.15, -0.1) is 0 Å². The van der Waals surface area contributed by atoms with Crippen molar-refractivity contribution in [3.8, 4) is 5.75 Å². The van der Waals surface area contributed by atoms with Crippen LogP contribution < -0.4 is 4.74 Å². The second-order valence-corrected chi connectivity index (χ2v) is 6.61. The first-order valence-electron chi connectivity index (χ1n) is 7.02. The van der Waals surface area contributed by atoms with Gasteiger partial charge >= 0.3 is 0 Å². The second-order valence-electron chi connectivity index (χ2n) is 5.24. The number of aromatic amines is 1. The van der Waals surface area contributed by atoms with E-state index in [9.17, 15) is 8.60 Å². The summed E-state index contributed by atoms with van der Waals surface area (Å²) in [5, 5.41) is 0.311. The number of pyridine rings is 1. The normalized spacial score (nSPS) is 12.5. The van der Waals surface area contributed by atoms with Crippen LogP contribution in [-0.4, -0.2) is 26.3 Å². The van der Waals surface area contributed by atoms with E-state index < -0.39 is 10.8 Å². The first-order valence-corrected chi connectivity index (χ1v) is 8.34. The van der Waals surface area contributed by atoms with Crippen LogP contribution in [0.2, 0.25) is 0 Å². The van der Waals surface area contributed by atoms with Gasteiger partial charge in [-0.25, -0.2) is 9.37 Å². The van der Waals surface area contributed by atoms with Crippen LogP contribution >= 0.6 is 0 Å². The van der Waals surface area contributed by atoms with E-state index in [0.29, 0.717) is 21.9 Å². The minimum Gasteiger partial charge on any atom is -0.496 e. The Morgan fingerprint density at radius 2 is 2.13 bits per heavy atom. The molecule has 0 aliphatic heterocycles. The van der Waals surface area contributed by atoms with E-state index in [2.05, 4.69) is 15.0 Å². The van der Waals surface area contributed by atoms with E-state index in [4.69, 9.17) is 4.74 Å². The zero-order chi connectivity index (χ0) is 16.6. The third-order valence-corrected chi connectivity index (χ3v) is 4.82. The predicted octanol–water partition coefficient (Wildman–Crippen LogP) is 3.03. The second kappa shape index (κ2) is 6.08. The molecule has 120 valence electrons. The minimum absolute atomic E-state index is 0.213. The Hall–Kier alpha value is -2.28. The maximum absolute atomic E-state index is 13.2. The van der Waals surface area contributed by atoms with Crippen molar-refractivity contribution in [1.82, 2.24) is 15.0 Å². The van der Waals surface area contributed by atoms with Gasteiger partial charge < -0.3 is 9.72 Å². The highest BCUT2D eigenvalue weighted by atomic mass is 32.2. The van der Waals surface area contributed by atoms with Crippen LogP contribution in [0.4, 0.5) is 4.39 Å². The number of nitrogens with one attached hydrogen (secondary N) is 1. The van der Waals surface area contributed by atoms with E-state index in [1.54, 1.807) is 19.4 Å². The molecule has 3 aromatic rings. The zero-order valence-electron chi connectivity index (χ0n) is 13.0. The summed E-state index contributed by atoms with van der Waals surface area (Å²) < 4.78 is 31.1. The molecule has 23 heavy (non-hydrogen) atoms. The van der Waals surface area contributed by atoms with Gasteiger partial charge in [0, 0.05) is 17.3 Å². The van der Waals surface area contributed by atoms with Gasteiger partial charge in [-0.05, 0) is 32.0 Å². The van der Waals surface area contributed by atoms with Crippen LogP contribution in [0.15, 0.2) is 29.6 Å². The fourth-order valence-electron chi connectivity index (χ4n) is 2.48. The number of methoxy groups -OCH3 is 1. The van der Waals surface area contributed by atoms with E-state index in [0.717, 1.165) is 16.9 Å². The number of rotatable bonds is 4. The molecular formula is C16H16FN3O2S. The topological polar surface area (TPSA) is 67.9 Å². The maximum Gasteiger partial charge on any atom is 0.197 e. The molecule has 0 saturated carbocycles. The number of benzene rings is 1. The Morgan fingerprint density at radius 3 is 2.87 bits per heavy atom. The summed E-state index contributed by atoms with van der Waals surface area (Å²) >= 11 is 0. The lowest BCUT2D eigenvalue weighted by atomic mass is 10.1. The SMILES string of the molecule is COc1c(C)cnc(CS(=O)c2nc3ccc(F)cc3[nH]2)c1C. The van der Waals surface area contributed by atoms with Crippen molar-refractivity contribution in [2.45, 2.75) is 24.8 Å². The molecule has 0 fully saturated rings. The standard InChI is InChI=1S/C16H16FN3O2S/c1-9-7-18-14(10(2)15(9)22-3)8-23(21)16-19-12-5-4-11(17)6-13(12)20-16/h4-7H,8H2,1-3H3,(H,19,20). The lowest BCUT2D eigenvalue weighted by Crippen LogP contribution is -2.05. The number of imidazole rings is 1. The lowest BCUT2D eigenvalue weighted by Gasteiger charge is -2.11. The first kappa shape index (κ1) is 15.6. The van der Waals surface area contributed by atoms with E-state index in [1.807, 2.05) is 13.8 Å². The molecule has 0 saturated heterocycles. The van der Waals surface area contributed by atoms with Crippen LogP contribution in [0.1, 0.15) is 16.8 Å². The van der Waals surface area contributed by atoms with Gasteiger partial charge in [-0.1, -0.05) is 0 Å². The zero-order valence-corrected chi connectivity index (χ0v) is 13.8. The van der Waals surface area contributed by atoms with Gasteiger partial charge in [0.2, 0.25) is 0 Å². The van der Waals surface area contributed by atoms with Gasteiger partial charge in [-0.3, -0.25) is 9.19 Å². The molecule has 0 amide bonds. The Bertz CT molecular complexity index is 908. The number of nitrogens with zero attached hydrogens (tertiary/aromatic N) is 2. The molecule has 1 unspecified atom stereocenters. The highest BCUT2D eigenvalue weighted by Crippen LogP contribution is 2.25. The summed E-state index contributed by atoms with van der Waals surface area (Å²) in [6.07, 6.45) is 1.70. The van der Waals surface area contributed by atoms with Crippen molar-refractivity contribution in [2.24, 2.45) is 0 Å². The molecule has 2 heterocycles. The Kier molecular flexibility index (Phi) is 4.12. The van der Waals surface area contributed by atoms with Gasteiger partial charge in [0.1, 0.15) is 11.6 Å². The summed E-state index contributed by atoms with van der Waals surface area (Å²) in [5.41, 5.74) is 3.60. The van der Waals surface area contributed by atoms with Crippen molar-refractivity contribution < 1.29 is 13.3 Å². The number of ether oxygens (including phenoxy) is 1. The highest BCUT2D eigenvalue weighted by Gasteiger charge is 2.16. The average molecular weight is 333 g/mol. The first-order chi connectivity index (χ1) is 11.0. The molecule has 7 heteroatoms. The van der Waals surface area contributed by atoms with Crippen LogP contribution in [0, 0.1) is 19.7 Å². The smallest absolute Gasteiger partial charge is 0.197 e. The Morgan fingerprint density at radius 1 is 1.35 bits per heavy atom. The Labute approximate surface area is 135 Å². The number of hydrogen-bond donors (Lipinski definition) is 1. The van der Waals surface area contributed by atoms with E-state index in [1.165, 1.54) is 12.1 Å². The van der Waals surface area contributed by atoms with Gasteiger partial charge in [-0.2, -0.15) is 0 Å². The molecule has 5 nitrogen and oxygen atoms in total. The Balaban J connectivity index is 1.91. The lowest BCUT2D eigenvalue weighted by molar-refractivity contribution is 0.407. The van der Waals surface area contributed by atoms with Crippen LogP contribution in [-0.2, 0) is 16.6 Å². The summed E-state index contributed by atoms with van der Waals surface area (Å²) in [4.78, 5) is 11.5. The summed E-state index contributed by atoms with van der Waals surface area (Å²) in [7, 11) is 0.193. The van der Waals surface area contributed by atoms with Crippen LogP contribution in [0.3, 0.4) is 0 Å². The molecule has 3 rings (SSSR count). The maximum atomic E-state index is 13.2. The molecule has 2 aromatic heterocycles. The average Bonchev–Trinajstić information content (AvgIpc) is 2.93. The van der Waals surface area contributed by atoms with Crippen molar-refractivity contribution in [2.75, 3.05) is 7.11 Å². The predicted molar refractivity (Wildman–Crippen MR) is 86.4 cm³/mol. The van der Waals surface area contributed by atoms with E-state index in [-0.39, 0.29) is 11.6 Å². The molecule has 0 aliphatic rings. The van der Waals surface area contributed by atoms with Crippen molar-refractivity contribution in [3.05, 3.63) is 47.0 Å². The summed E-state index contributed by atoms with van der Waals surface area (Å²) in [6, 6.07) is 4.22. The number of H-pyrrole nitrogens is 1. The summed E-state index contributed by atoms with van der Waals surface area (Å²) in [6.45, 7) is 3.80. The van der Waals surface area contributed by atoms with Gasteiger partial charge in [0.05, 0.1) is 40.4 Å². The number of hydrogen-bond acceptors (Lipinski definition) is 4. The van der Waals surface area contributed by atoms with Crippen molar-refractivity contribution >= 4 is 21.8 Å². The number of fused-ring (bicyclic) bond motifs is 1. The number of halogens is 1. The monoisotopic (exact) mass is 333 g/mol. The molecule has 0 spiro atoms. The third-order valence-electron chi connectivity index (χ3n) is 3.66. The highest BCUT2D eigenvalue weighted by molar-refractivity contribution is 7.84. The van der Waals surface area contributed by atoms with E-state index >= 15 is 0 Å². The third kappa shape index (κ3) is 2.96. The fraction of sp³-hybridized carbons (Fsp3) is 0.250. The largest absolute Gasteiger partial charge is 0.496 e. The molecule has 1 atom stereocenters. The van der Waals surface area contributed by atoms with Gasteiger partial charge in [0.25, 0.3) is 0 Å². The minimum atomic E-state index is -1.41. The molecule has 1 N–H and O–H groups in total. The molecule has 0 aliphatic carbocycles. The molecule has 0 bridgehead atoms. The van der Waals surface area contributed by atoms with Crippen LogP contribution in [0.5, 0.6) is 5.75 Å². The molecule has 0 radical (unpaired) electrons. The van der Waals surface area contributed by atoms with Crippen molar-refractivity contribution in [3.63, 3.8) is 0 Å². The molecular weight excluding hydrogens is 317 g/mol. The number of aromatic nitrogens is 3. The fourth-order valence-corrected chi connectivity index (χ4v) is 3.58. The van der Waals surface area contributed by atoms with Gasteiger partial charge in [0.15, 0.2) is 5.16 Å².